The van der Waals surface area contributed by atoms with Gasteiger partial charge in [0.15, 0.2) is 0 Å². The molecule has 1 N–H and O–H groups in total. The molecule has 1 atom stereocenters. The molecule has 0 saturated carbocycles. The number of aryl methyl sites for hydroxylation is 1. The molecule has 1 unspecified atom stereocenters. The van der Waals surface area contributed by atoms with E-state index in [0.29, 0.717) is 25.4 Å². The van der Waals surface area contributed by atoms with Gasteiger partial charge in [0.2, 0.25) is 5.91 Å². The second-order valence-corrected chi connectivity index (χ2v) is 6.97. The summed E-state index contributed by atoms with van der Waals surface area (Å²) >= 11 is 0. The standard InChI is InChI=1S/C22H22FN3O2/c1-15-19(22(25-24-15)17-7-9-18(23)10-8-17)13-21(27)26-11-12-28-20(14-26)16-5-3-2-4-6-16/h2-10,20H,11-14H2,1H3,(H,24,25). The molecule has 2 aromatic carbocycles. The Morgan fingerprint density at radius 3 is 2.71 bits per heavy atom. The number of nitrogens with zero attached hydrogens (tertiary/aromatic N) is 2. The van der Waals surface area contributed by atoms with Crippen LogP contribution < -0.4 is 0 Å². The zero-order valence-electron chi connectivity index (χ0n) is 15.7. The molecule has 0 radical (unpaired) electrons. The summed E-state index contributed by atoms with van der Waals surface area (Å²) in [5.41, 5.74) is 4.25. The fourth-order valence-electron chi connectivity index (χ4n) is 3.52. The van der Waals surface area contributed by atoms with E-state index in [1.807, 2.05) is 42.2 Å². The Hall–Kier alpha value is -2.99. The first-order valence-corrected chi connectivity index (χ1v) is 9.36. The lowest BCUT2D eigenvalue weighted by atomic mass is 10.0. The molecule has 1 aliphatic heterocycles. The number of nitrogens with one attached hydrogen (secondary N) is 1. The first-order valence-electron chi connectivity index (χ1n) is 9.36. The molecule has 4 rings (SSSR count). The van der Waals surface area contributed by atoms with Gasteiger partial charge < -0.3 is 9.64 Å². The maximum absolute atomic E-state index is 13.2. The van der Waals surface area contributed by atoms with Crippen molar-refractivity contribution >= 4 is 5.91 Å². The maximum Gasteiger partial charge on any atom is 0.227 e. The maximum atomic E-state index is 13.2. The Kier molecular flexibility index (Phi) is 5.21. The molecule has 0 spiro atoms. The van der Waals surface area contributed by atoms with Crippen molar-refractivity contribution in [2.45, 2.75) is 19.4 Å². The second-order valence-electron chi connectivity index (χ2n) is 6.97. The average Bonchev–Trinajstić information content (AvgIpc) is 3.09. The van der Waals surface area contributed by atoms with E-state index in [-0.39, 0.29) is 24.2 Å². The molecule has 3 aromatic rings. The van der Waals surface area contributed by atoms with E-state index < -0.39 is 0 Å². The lowest BCUT2D eigenvalue weighted by molar-refractivity contribution is -0.138. The number of rotatable bonds is 4. The zero-order chi connectivity index (χ0) is 19.5. The van der Waals surface area contributed by atoms with Gasteiger partial charge in [0.25, 0.3) is 0 Å². The minimum atomic E-state index is -0.297. The molecule has 1 aromatic heterocycles. The van der Waals surface area contributed by atoms with E-state index in [2.05, 4.69) is 10.2 Å². The van der Waals surface area contributed by atoms with Crippen LogP contribution in [0.2, 0.25) is 0 Å². The van der Waals surface area contributed by atoms with Gasteiger partial charge in [-0.3, -0.25) is 9.89 Å². The van der Waals surface area contributed by atoms with E-state index in [0.717, 1.165) is 22.4 Å². The normalized spacial score (nSPS) is 16.9. The molecule has 2 heterocycles. The fourth-order valence-corrected chi connectivity index (χ4v) is 3.52. The molecule has 1 saturated heterocycles. The number of halogens is 1. The molecule has 0 bridgehead atoms. The Morgan fingerprint density at radius 1 is 1.21 bits per heavy atom. The third-order valence-corrected chi connectivity index (χ3v) is 5.11. The molecule has 28 heavy (non-hydrogen) atoms. The minimum Gasteiger partial charge on any atom is -0.370 e. The van der Waals surface area contributed by atoms with Crippen molar-refractivity contribution in [2.24, 2.45) is 0 Å². The summed E-state index contributed by atoms with van der Waals surface area (Å²) in [4.78, 5) is 14.9. The molecule has 1 aliphatic rings. The van der Waals surface area contributed by atoms with Crippen LogP contribution in [0.5, 0.6) is 0 Å². The highest BCUT2D eigenvalue weighted by Gasteiger charge is 2.26. The van der Waals surface area contributed by atoms with Crippen LogP contribution >= 0.6 is 0 Å². The summed E-state index contributed by atoms with van der Waals surface area (Å²) in [7, 11) is 0. The zero-order valence-corrected chi connectivity index (χ0v) is 15.7. The summed E-state index contributed by atoms with van der Waals surface area (Å²) in [6.07, 6.45) is 0.136. The van der Waals surface area contributed by atoms with Gasteiger partial charge in [-0.2, -0.15) is 5.10 Å². The summed E-state index contributed by atoms with van der Waals surface area (Å²) in [5, 5.41) is 7.29. The summed E-state index contributed by atoms with van der Waals surface area (Å²) < 4.78 is 19.1. The Morgan fingerprint density at radius 2 is 1.96 bits per heavy atom. The second kappa shape index (κ2) is 7.94. The Bertz CT molecular complexity index is 954. The monoisotopic (exact) mass is 379 g/mol. The average molecular weight is 379 g/mol. The van der Waals surface area contributed by atoms with Gasteiger partial charge >= 0.3 is 0 Å². The van der Waals surface area contributed by atoms with Crippen molar-refractivity contribution in [1.29, 1.82) is 0 Å². The lowest BCUT2D eigenvalue weighted by Crippen LogP contribution is -2.43. The van der Waals surface area contributed by atoms with Crippen LogP contribution in [-0.4, -0.2) is 40.7 Å². The first kappa shape index (κ1) is 18.4. The highest BCUT2D eigenvalue weighted by molar-refractivity contribution is 5.82. The van der Waals surface area contributed by atoms with E-state index >= 15 is 0 Å². The fraction of sp³-hybridized carbons (Fsp3) is 0.273. The van der Waals surface area contributed by atoms with Gasteiger partial charge in [-0.15, -0.1) is 0 Å². The van der Waals surface area contributed by atoms with Crippen LogP contribution in [-0.2, 0) is 16.0 Å². The van der Waals surface area contributed by atoms with Crippen LogP contribution in [0, 0.1) is 12.7 Å². The predicted molar refractivity (Wildman–Crippen MR) is 104 cm³/mol. The number of ether oxygens (including phenoxy) is 1. The smallest absolute Gasteiger partial charge is 0.227 e. The van der Waals surface area contributed by atoms with Crippen molar-refractivity contribution < 1.29 is 13.9 Å². The first-order chi connectivity index (χ1) is 13.6. The highest BCUT2D eigenvalue weighted by Crippen LogP contribution is 2.26. The van der Waals surface area contributed by atoms with Gasteiger partial charge in [0.1, 0.15) is 11.9 Å². The number of carbonyl (C=O) groups is 1. The molecular formula is C22H22FN3O2. The minimum absolute atomic E-state index is 0.0390. The van der Waals surface area contributed by atoms with Gasteiger partial charge in [-0.25, -0.2) is 4.39 Å². The molecule has 144 valence electrons. The van der Waals surface area contributed by atoms with Crippen molar-refractivity contribution in [3.63, 3.8) is 0 Å². The van der Waals surface area contributed by atoms with Crippen molar-refractivity contribution in [3.8, 4) is 11.3 Å². The largest absolute Gasteiger partial charge is 0.370 e. The molecule has 5 nitrogen and oxygen atoms in total. The number of amides is 1. The quantitative estimate of drug-likeness (QED) is 0.753. The number of morpholine rings is 1. The van der Waals surface area contributed by atoms with E-state index in [1.165, 1.54) is 12.1 Å². The van der Waals surface area contributed by atoms with Crippen molar-refractivity contribution in [2.75, 3.05) is 19.7 Å². The van der Waals surface area contributed by atoms with Crippen LogP contribution in [0.4, 0.5) is 4.39 Å². The topological polar surface area (TPSA) is 58.2 Å². The number of hydrogen-bond acceptors (Lipinski definition) is 3. The van der Waals surface area contributed by atoms with Gasteiger partial charge in [0, 0.05) is 23.4 Å². The Labute approximate surface area is 163 Å². The summed E-state index contributed by atoms with van der Waals surface area (Å²) in [6, 6.07) is 16.1. The summed E-state index contributed by atoms with van der Waals surface area (Å²) in [6.45, 7) is 3.52. The van der Waals surface area contributed by atoms with Crippen LogP contribution in [0.15, 0.2) is 54.6 Å². The number of H-pyrrole nitrogens is 1. The van der Waals surface area contributed by atoms with Crippen LogP contribution in [0.25, 0.3) is 11.3 Å². The predicted octanol–water partition coefficient (Wildman–Crippen LogP) is 3.67. The molecule has 6 heteroatoms. The number of benzene rings is 2. The lowest BCUT2D eigenvalue weighted by Gasteiger charge is -2.33. The van der Waals surface area contributed by atoms with Gasteiger partial charge in [-0.1, -0.05) is 30.3 Å². The number of carbonyl (C=O) groups excluding carboxylic acids is 1. The van der Waals surface area contributed by atoms with E-state index in [1.54, 1.807) is 12.1 Å². The van der Waals surface area contributed by atoms with Crippen molar-refractivity contribution in [3.05, 3.63) is 77.2 Å². The van der Waals surface area contributed by atoms with E-state index in [4.69, 9.17) is 4.74 Å². The SMILES string of the molecule is Cc1[nH]nc(-c2ccc(F)cc2)c1CC(=O)N1CCOC(c2ccccc2)C1. The van der Waals surface area contributed by atoms with Crippen LogP contribution in [0.3, 0.4) is 0 Å². The number of aromatic nitrogens is 2. The van der Waals surface area contributed by atoms with E-state index in [9.17, 15) is 9.18 Å². The molecule has 1 amide bonds. The Balaban J connectivity index is 1.51. The van der Waals surface area contributed by atoms with Crippen LogP contribution in [0.1, 0.15) is 22.9 Å². The molecular weight excluding hydrogens is 357 g/mol. The number of hydrogen-bond donors (Lipinski definition) is 1. The van der Waals surface area contributed by atoms with Crippen molar-refractivity contribution in [1.82, 2.24) is 15.1 Å². The highest BCUT2D eigenvalue weighted by atomic mass is 19.1. The number of aromatic amines is 1. The third kappa shape index (κ3) is 3.82. The molecule has 1 fully saturated rings. The third-order valence-electron chi connectivity index (χ3n) is 5.11. The van der Waals surface area contributed by atoms with Gasteiger partial charge in [0.05, 0.1) is 25.3 Å². The molecule has 0 aliphatic carbocycles. The summed E-state index contributed by atoms with van der Waals surface area (Å²) in [5.74, 6) is -0.258. The van der Waals surface area contributed by atoms with Gasteiger partial charge in [-0.05, 0) is 36.8 Å².